The van der Waals surface area contributed by atoms with Gasteiger partial charge in [-0.2, -0.15) is 0 Å². The maximum absolute atomic E-state index is 13.7. The molecule has 34 heavy (non-hydrogen) atoms. The summed E-state index contributed by atoms with van der Waals surface area (Å²) in [6.07, 6.45) is 2.75. The Kier molecular flexibility index (Phi) is 8.46. The highest BCUT2D eigenvalue weighted by Crippen LogP contribution is 2.39. The van der Waals surface area contributed by atoms with Gasteiger partial charge in [-0.15, -0.1) is 23.1 Å². The van der Waals surface area contributed by atoms with Crippen molar-refractivity contribution in [2.45, 2.75) is 44.0 Å². The quantitative estimate of drug-likeness (QED) is 0.347. The number of thioether (sulfide) groups is 1. The molecule has 0 aliphatic carbocycles. The number of hydrogen-bond acceptors (Lipinski definition) is 4. The zero-order valence-electron chi connectivity index (χ0n) is 19.9. The molecule has 1 unspecified atom stereocenters. The topological polar surface area (TPSA) is 40.6 Å². The van der Waals surface area contributed by atoms with E-state index in [0.29, 0.717) is 18.8 Å². The molecule has 4 nitrogen and oxygen atoms in total. The molecule has 2 heterocycles. The Bertz CT molecular complexity index is 1110. The summed E-state index contributed by atoms with van der Waals surface area (Å²) in [7, 11) is 0. The predicted octanol–water partition coefficient (Wildman–Crippen LogP) is 5.95. The maximum Gasteiger partial charge on any atom is 0.242 e. The van der Waals surface area contributed by atoms with Crippen molar-refractivity contribution >= 4 is 34.9 Å². The third kappa shape index (κ3) is 5.73. The third-order valence-electron chi connectivity index (χ3n) is 6.34. The fraction of sp³-hybridized carbons (Fsp3) is 0.357. The molecule has 3 aromatic rings. The van der Waals surface area contributed by atoms with Crippen molar-refractivity contribution in [1.29, 1.82) is 0 Å². The van der Waals surface area contributed by atoms with E-state index in [1.54, 1.807) is 16.2 Å². The summed E-state index contributed by atoms with van der Waals surface area (Å²) in [6, 6.07) is 20.3. The highest BCUT2D eigenvalue weighted by molar-refractivity contribution is 8.00. The van der Waals surface area contributed by atoms with Crippen LogP contribution in [0.2, 0.25) is 0 Å². The molecule has 0 saturated heterocycles. The number of carbonyl (C=O) groups excluding carboxylic acids is 2. The van der Waals surface area contributed by atoms with Crippen LogP contribution < -0.4 is 0 Å². The molecular weight excluding hydrogens is 460 g/mol. The lowest BCUT2D eigenvalue weighted by molar-refractivity contribution is -0.140. The highest BCUT2D eigenvalue weighted by Gasteiger charge is 2.34. The second-order valence-electron chi connectivity index (χ2n) is 8.67. The summed E-state index contributed by atoms with van der Waals surface area (Å²) in [5.74, 6) is 0.396. The van der Waals surface area contributed by atoms with Gasteiger partial charge in [0.2, 0.25) is 11.8 Å². The maximum atomic E-state index is 13.7. The number of fused-ring (bicyclic) bond motifs is 1. The fourth-order valence-electron chi connectivity index (χ4n) is 4.46. The van der Waals surface area contributed by atoms with Crippen LogP contribution in [0.4, 0.5) is 0 Å². The van der Waals surface area contributed by atoms with Crippen molar-refractivity contribution in [3.05, 3.63) is 87.6 Å². The minimum atomic E-state index is -0.0921. The number of amides is 2. The molecule has 0 fully saturated rings. The Balaban J connectivity index is 1.52. The lowest BCUT2D eigenvalue weighted by Crippen LogP contribution is -2.47. The standard InChI is InChI=1S/C28H32N2O2S2/c1-3-4-16-29(27(32)20-34-22-11-6-5-7-12-22)19-26(31)30-17-14-25-24(15-18-33-25)28(30)23-13-9-8-10-21(23)2/h5-13,15,18,28H,3-4,14,16-17,19-20H2,1-2H3. The Morgan fingerprint density at radius 2 is 1.82 bits per heavy atom. The van der Waals surface area contributed by atoms with E-state index < -0.39 is 0 Å². The summed E-state index contributed by atoms with van der Waals surface area (Å²) in [6.45, 7) is 5.65. The van der Waals surface area contributed by atoms with E-state index in [1.165, 1.54) is 33.3 Å². The van der Waals surface area contributed by atoms with E-state index in [1.807, 2.05) is 47.4 Å². The molecule has 1 aliphatic heterocycles. The summed E-state index contributed by atoms with van der Waals surface area (Å²) in [5.41, 5.74) is 3.58. The highest BCUT2D eigenvalue weighted by atomic mass is 32.2. The van der Waals surface area contributed by atoms with Gasteiger partial charge in [0.1, 0.15) is 0 Å². The molecule has 0 N–H and O–H groups in total. The van der Waals surface area contributed by atoms with E-state index in [9.17, 15) is 9.59 Å². The zero-order chi connectivity index (χ0) is 23.9. The number of aryl methyl sites for hydroxylation is 1. The van der Waals surface area contributed by atoms with Gasteiger partial charge in [-0.05, 0) is 60.0 Å². The molecule has 1 aromatic heterocycles. The van der Waals surface area contributed by atoms with Gasteiger partial charge in [0, 0.05) is 22.9 Å². The predicted molar refractivity (Wildman–Crippen MR) is 141 cm³/mol. The minimum absolute atomic E-state index is 0.0244. The number of hydrogen-bond donors (Lipinski definition) is 0. The normalized spacial score (nSPS) is 15.1. The molecule has 0 bridgehead atoms. The molecular formula is C28H32N2O2S2. The molecule has 178 valence electrons. The second kappa shape index (κ2) is 11.7. The van der Waals surface area contributed by atoms with Gasteiger partial charge in [0.05, 0.1) is 18.3 Å². The zero-order valence-corrected chi connectivity index (χ0v) is 21.5. The van der Waals surface area contributed by atoms with Gasteiger partial charge in [-0.1, -0.05) is 55.8 Å². The van der Waals surface area contributed by atoms with Crippen molar-refractivity contribution in [1.82, 2.24) is 9.80 Å². The van der Waals surface area contributed by atoms with Gasteiger partial charge in [-0.25, -0.2) is 0 Å². The van der Waals surface area contributed by atoms with Gasteiger partial charge < -0.3 is 9.80 Å². The van der Waals surface area contributed by atoms with Crippen molar-refractivity contribution in [2.75, 3.05) is 25.4 Å². The number of thiophene rings is 1. The van der Waals surface area contributed by atoms with Crippen molar-refractivity contribution < 1.29 is 9.59 Å². The van der Waals surface area contributed by atoms with Gasteiger partial charge in [0.15, 0.2) is 0 Å². The third-order valence-corrected chi connectivity index (χ3v) is 8.33. The SMILES string of the molecule is CCCCN(CC(=O)N1CCc2sccc2C1c1ccccc1C)C(=O)CSc1ccccc1. The van der Waals surface area contributed by atoms with E-state index in [4.69, 9.17) is 0 Å². The van der Waals surface area contributed by atoms with Crippen LogP contribution in [-0.4, -0.2) is 47.0 Å². The minimum Gasteiger partial charge on any atom is -0.333 e. The number of rotatable bonds is 9. The molecule has 4 rings (SSSR count). The number of carbonyl (C=O) groups is 2. The Morgan fingerprint density at radius 1 is 1.06 bits per heavy atom. The number of benzene rings is 2. The average Bonchev–Trinajstić information content (AvgIpc) is 3.34. The smallest absolute Gasteiger partial charge is 0.242 e. The first-order valence-corrected chi connectivity index (χ1v) is 13.8. The summed E-state index contributed by atoms with van der Waals surface area (Å²) < 4.78 is 0. The summed E-state index contributed by atoms with van der Waals surface area (Å²) in [4.78, 5) is 33.0. The summed E-state index contributed by atoms with van der Waals surface area (Å²) >= 11 is 3.30. The van der Waals surface area contributed by atoms with Crippen LogP contribution in [0.3, 0.4) is 0 Å². The van der Waals surface area contributed by atoms with Crippen LogP contribution in [0, 0.1) is 6.92 Å². The van der Waals surface area contributed by atoms with Gasteiger partial charge in [0.25, 0.3) is 0 Å². The van der Waals surface area contributed by atoms with E-state index in [0.717, 1.165) is 24.2 Å². The van der Waals surface area contributed by atoms with Crippen molar-refractivity contribution in [3.63, 3.8) is 0 Å². The number of nitrogens with zero attached hydrogens (tertiary/aromatic N) is 2. The monoisotopic (exact) mass is 492 g/mol. The van der Waals surface area contributed by atoms with Gasteiger partial charge in [-0.3, -0.25) is 9.59 Å². The molecule has 0 radical (unpaired) electrons. The molecule has 2 amide bonds. The molecule has 1 atom stereocenters. The molecule has 2 aromatic carbocycles. The largest absolute Gasteiger partial charge is 0.333 e. The first kappa shape index (κ1) is 24.6. The lowest BCUT2D eigenvalue weighted by Gasteiger charge is -2.38. The number of unbranched alkanes of at least 4 members (excludes halogenated alkanes) is 1. The van der Waals surface area contributed by atoms with E-state index >= 15 is 0 Å². The first-order valence-electron chi connectivity index (χ1n) is 12.0. The van der Waals surface area contributed by atoms with E-state index in [-0.39, 0.29) is 24.4 Å². The Morgan fingerprint density at radius 3 is 2.59 bits per heavy atom. The lowest BCUT2D eigenvalue weighted by atomic mass is 9.90. The van der Waals surface area contributed by atoms with Crippen LogP contribution in [0.15, 0.2) is 70.9 Å². The fourth-order valence-corrected chi connectivity index (χ4v) is 6.19. The second-order valence-corrected chi connectivity index (χ2v) is 10.7. The molecule has 0 spiro atoms. The molecule has 1 aliphatic rings. The summed E-state index contributed by atoms with van der Waals surface area (Å²) in [5, 5.41) is 2.13. The van der Waals surface area contributed by atoms with Crippen LogP contribution in [0.25, 0.3) is 0 Å². The first-order chi connectivity index (χ1) is 16.6. The average molecular weight is 493 g/mol. The van der Waals surface area contributed by atoms with Crippen LogP contribution >= 0.6 is 23.1 Å². The van der Waals surface area contributed by atoms with Gasteiger partial charge >= 0.3 is 0 Å². The van der Waals surface area contributed by atoms with Crippen molar-refractivity contribution in [2.24, 2.45) is 0 Å². The van der Waals surface area contributed by atoms with Crippen LogP contribution in [-0.2, 0) is 16.0 Å². The van der Waals surface area contributed by atoms with Crippen LogP contribution in [0.1, 0.15) is 47.4 Å². The van der Waals surface area contributed by atoms with E-state index in [2.05, 4.69) is 37.4 Å². The Labute approximate surface area is 211 Å². The Hall–Kier alpha value is -2.57. The van der Waals surface area contributed by atoms with Crippen LogP contribution in [0.5, 0.6) is 0 Å². The molecule has 0 saturated carbocycles. The molecule has 6 heteroatoms. The van der Waals surface area contributed by atoms with Crippen molar-refractivity contribution in [3.8, 4) is 0 Å².